The number of allylic oxidation sites excluding steroid dienone is 1. The predicted octanol–water partition coefficient (Wildman–Crippen LogP) is 2.52. The van der Waals surface area contributed by atoms with Crippen LogP contribution < -0.4 is 0 Å². The third kappa shape index (κ3) is 2.92. The summed E-state index contributed by atoms with van der Waals surface area (Å²) in [5, 5.41) is 0. The molecule has 0 spiro atoms. The van der Waals surface area contributed by atoms with Gasteiger partial charge in [-0.1, -0.05) is 20.8 Å². The molecule has 1 amide bonds. The molecule has 1 unspecified atom stereocenters. The Labute approximate surface area is 120 Å². The quantitative estimate of drug-likeness (QED) is 0.574. The van der Waals surface area contributed by atoms with Crippen LogP contribution in [0.5, 0.6) is 0 Å². The third-order valence-electron chi connectivity index (χ3n) is 3.86. The van der Waals surface area contributed by atoms with Crippen molar-refractivity contribution in [1.29, 1.82) is 0 Å². The molecule has 5 nitrogen and oxygen atoms in total. The van der Waals surface area contributed by atoms with Crippen LogP contribution in [-0.4, -0.2) is 35.3 Å². The molecular weight excluding hydrogens is 256 g/mol. The van der Waals surface area contributed by atoms with E-state index < -0.39 is 5.54 Å². The fourth-order valence-electron chi connectivity index (χ4n) is 1.80. The van der Waals surface area contributed by atoms with E-state index in [2.05, 4.69) is 4.99 Å². The zero-order valence-corrected chi connectivity index (χ0v) is 13.2. The highest BCUT2D eigenvalue weighted by Crippen LogP contribution is 2.30. The first-order valence-electron chi connectivity index (χ1n) is 6.99. The van der Waals surface area contributed by atoms with Gasteiger partial charge in [0.25, 0.3) is 5.91 Å². The average molecular weight is 280 g/mol. The predicted molar refractivity (Wildman–Crippen MR) is 78.2 cm³/mol. The number of hydrogen-bond acceptors (Lipinski definition) is 4. The third-order valence-corrected chi connectivity index (χ3v) is 3.86. The normalized spacial score (nSPS) is 23.4. The van der Waals surface area contributed by atoms with Gasteiger partial charge in [0.2, 0.25) is 0 Å². The second-order valence-corrected chi connectivity index (χ2v) is 5.57. The number of nitrogens with zero attached hydrogens (tertiary/aromatic N) is 2. The second kappa shape index (κ2) is 6.20. The standard InChI is InChI=1S/C15H24N2O3/c1-7-8-20-13(18)11(4)12(5)17-9-16-15(6,10(2)3)14(17)19/h9-10H,7-8H2,1-6H3. The van der Waals surface area contributed by atoms with Gasteiger partial charge in [-0.2, -0.15) is 0 Å². The van der Waals surface area contributed by atoms with Crippen LogP contribution in [0.25, 0.3) is 0 Å². The Morgan fingerprint density at radius 2 is 2.05 bits per heavy atom. The second-order valence-electron chi connectivity index (χ2n) is 5.57. The summed E-state index contributed by atoms with van der Waals surface area (Å²) in [6.45, 7) is 11.5. The molecule has 0 N–H and O–H groups in total. The van der Waals surface area contributed by atoms with E-state index >= 15 is 0 Å². The van der Waals surface area contributed by atoms with Crippen molar-refractivity contribution >= 4 is 18.2 Å². The topological polar surface area (TPSA) is 59.0 Å². The van der Waals surface area contributed by atoms with E-state index in [1.165, 1.54) is 11.2 Å². The van der Waals surface area contributed by atoms with Crippen LogP contribution in [0.3, 0.4) is 0 Å². The van der Waals surface area contributed by atoms with Crippen molar-refractivity contribution in [2.45, 2.75) is 53.5 Å². The number of ether oxygens (including phenoxy) is 1. The van der Waals surface area contributed by atoms with Crippen molar-refractivity contribution in [3.8, 4) is 0 Å². The molecule has 1 atom stereocenters. The van der Waals surface area contributed by atoms with Gasteiger partial charge in [0.15, 0.2) is 0 Å². The van der Waals surface area contributed by atoms with Gasteiger partial charge in [0.1, 0.15) is 5.54 Å². The molecule has 0 aromatic carbocycles. The Balaban J connectivity index is 2.94. The van der Waals surface area contributed by atoms with Gasteiger partial charge in [-0.3, -0.25) is 14.7 Å². The largest absolute Gasteiger partial charge is 0.462 e. The smallest absolute Gasteiger partial charge is 0.335 e. The molecule has 1 rings (SSSR count). The van der Waals surface area contributed by atoms with Gasteiger partial charge in [0, 0.05) is 5.70 Å². The summed E-state index contributed by atoms with van der Waals surface area (Å²) >= 11 is 0. The molecule has 0 aromatic rings. The minimum absolute atomic E-state index is 0.0939. The molecule has 0 saturated carbocycles. The van der Waals surface area contributed by atoms with Gasteiger partial charge in [-0.25, -0.2) is 4.79 Å². The molecule has 0 saturated heterocycles. The Hall–Kier alpha value is -1.65. The number of carbonyl (C=O) groups is 2. The van der Waals surface area contributed by atoms with Gasteiger partial charge in [-0.05, 0) is 33.1 Å². The summed E-state index contributed by atoms with van der Waals surface area (Å²) in [6.07, 6.45) is 2.28. The van der Waals surface area contributed by atoms with Crippen molar-refractivity contribution < 1.29 is 14.3 Å². The monoisotopic (exact) mass is 280 g/mol. The van der Waals surface area contributed by atoms with Crippen molar-refractivity contribution in [3.63, 3.8) is 0 Å². The summed E-state index contributed by atoms with van der Waals surface area (Å²) in [4.78, 5) is 30.1. The Morgan fingerprint density at radius 3 is 2.50 bits per heavy atom. The number of amides is 1. The SMILES string of the molecule is CCCOC(=O)C(C)=C(C)N1C=NC(C)(C(C)C)C1=O. The van der Waals surface area contributed by atoms with Crippen LogP contribution in [0.15, 0.2) is 16.3 Å². The maximum atomic E-state index is 12.5. The highest BCUT2D eigenvalue weighted by molar-refractivity contribution is 6.02. The minimum Gasteiger partial charge on any atom is -0.462 e. The zero-order chi connectivity index (χ0) is 15.5. The van der Waals surface area contributed by atoms with E-state index in [-0.39, 0.29) is 17.8 Å². The van der Waals surface area contributed by atoms with Gasteiger partial charge >= 0.3 is 5.97 Å². The molecule has 1 aliphatic rings. The number of esters is 1. The van der Waals surface area contributed by atoms with E-state index in [0.29, 0.717) is 17.9 Å². The van der Waals surface area contributed by atoms with E-state index in [1.807, 2.05) is 27.7 Å². The van der Waals surface area contributed by atoms with Gasteiger partial charge < -0.3 is 4.74 Å². The average Bonchev–Trinajstić information content (AvgIpc) is 2.72. The highest BCUT2D eigenvalue weighted by atomic mass is 16.5. The molecule has 20 heavy (non-hydrogen) atoms. The fraction of sp³-hybridized carbons (Fsp3) is 0.667. The first-order valence-corrected chi connectivity index (χ1v) is 6.99. The number of aliphatic imine (C=N–C) groups is 1. The molecular formula is C15H24N2O3. The Bertz CT molecular complexity index is 466. The van der Waals surface area contributed by atoms with Crippen molar-refractivity contribution in [3.05, 3.63) is 11.3 Å². The minimum atomic E-state index is -0.755. The van der Waals surface area contributed by atoms with Crippen molar-refractivity contribution in [2.75, 3.05) is 6.61 Å². The molecule has 5 heteroatoms. The summed E-state index contributed by atoms with van der Waals surface area (Å²) < 4.78 is 5.09. The number of hydrogen-bond donors (Lipinski definition) is 0. The lowest BCUT2D eigenvalue weighted by atomic mass is 9.88. The zero-order valence-electron chi connectivity index (χ0n) is 13.2. The summed E-state index contributed by atoms with van der Waals surface area (Å²) in [7, 11) is 0. The molecule has 1 heterocycles. The lowest BCUT2D eigenvalue weighted by Crippen LogP contribution is -2.42. The summed E-state index contributed by atoms with van der Waals surface area (Å²) in [5.41, 5.74) is 0.255. The van der Waals surface area contributed by atoms with Crippen molar-refractivity contribution in [1.82, 2.24) is 4.90 Å². The van der Waals surface area contributed by atoms with Gasteiger partial charge in [-0.15, -0.1) is 0 Å². The lowest BCUT2D eigenvalue weighted by Gasteiger charge is -2.26. The molecule has 0 fully saturated rings. The first-order chi connectivity index (χ1) is 9.25. The summed E-state index contributed by atoms with van der Waals surface area (Å²) in [5.74, 6) is -0.396. The molecule has 1 aliphatic heterocycles. The van der Waals surface area contributed by atoms with Gasteiger partial charge in [0.05, 0.1) is 18.5 Å². The number of carbonyl (C=O) groups excluding carboxylic acids is 2. The van der Waals surface area contributed by atoms with Crippen LogP contribution in [-0.2, 0) is 14.3 Å². The summed E-state index contributed by atoms with van der Waals surface area (Å²) in [6, 6.07) is 0. The molecule has 0 bridgehead atoms. The maximum absolute atomic E-state index is 12.5. The lowest BCUT2D eigenvalue weighted by molar-refractivity contribution is -0.139. The maximum Gasteiger partial charge on any atom is 0.335 e. The van der Waals surface area contributed by atoms with E-state index in [4.69, 9.17) is 4.74 Å². The molecule has 0 radical (unpaired) electrons. The van der Waals surface area contributed by atoms with Crippen LogP contribution in [0.1, 0.15) is 48.0 Å². The van der Waals surface area contributed by atoms with E-state index in [9.17, 15) is 9.59 Å². The van der Waals surface area contributed by atoms with Crippen LogP contribution in [0, 0.1) is 5.92 Å². The van der Waals surface area contributed by atoms with Crippen LogP contribution in [0.4, 0.5) is 0 Å². The number of rotatable bonds is 5. The first kappa shape index (κ1) is 16.4. The molecule has 112 valence electrons. The molecule has 0 aliphatic carbocycles. The fourth-order valence-corrected chi connectivity index (χ4v) is 1.80. The Morgan fingerprint density at radius 1 is 1.45 bits per heavy atom. The van der Waals surface area contributed by atoms with Crippen LogP contribution >= 0.6 is 0 Å². The van der Waals surface area contributed by atoms with E-state index in [0.717, 1.165) is 6.42 Å². The molecule has 0 aromatic heterocycles. The highest BCUT2D eigenvalue weighted by Gasteiger charge is 2.43. The van der Waals surface area contributed by atoms with Crippen LogP contribution in [0.2, 0.25) is 0 Å². The van der Waals surface area contributed by atoms with E-state index in [1.54, 1.807) is 13.8 Å². The Kier molecular flexibility index (Phi) is 5.09. The van der Waals surface area contributed by atoms with Crippen molar-refractivity contribution in [2.24, 2.45) is 10.9 Å².